The summed E-state index contributed by atoms with van der Waals surface area (Å²) >= 11 is 0. The SMILES string of the molecule is OC(Cc1nc[nH]n1)(Cc1nc[nH]n1)c1ccc(C(F)(F)F)cc1. The predicted molar refractivity (Wildman–Crippen MR) is 75.5 cm³/mol. The molecule has 0 atom stereocenters. The zero-order valence-corrected chi connectivity index (χ0v) is 12.2. The van der Waals surface area contributed by atoms with Crippen LogP contribution in [0, 0.1) is 0 Å². The molecular formula is C14H13F3N6O. The fourth-order valence-corrected chi connectivity index (χ4v) is 2.40. The number of benzene rings is 1. The third-order valence-electron chi connectivity index (χ3n) is 3.58. The van der Waals surface area contributed by atoms with Gasteiger partial charge in [0.1, 0.15) is 18.3 Å². The standard InChI is InChI=1S/C14H13F3N6O/c15-14(16,17)10-3-1-9(2-4-10)13(24,5-11-18-7-20-22-11)6-12-19-8-21-23-12/h1-4,7-8,24H,5-6H2,(H,18,20,22)(H,19,21,23). The van der Waals surface area contributed by atoms with E-state index in [1.165, 1.54) is 24.8 Å². The Hall–Kier alpha value is -2.75. The van der Waals surface area contributed by atoms with Crippen molar-refractivity contribution in [1.82, 2.24) is 30.4 Å². The molecule has 3 N–H and O–H groups in total. The number of aromatic nitrogens is 6. The van der Waals surface area contributed by atoms with E-state index in [0.717, 1.165) is 12.1 Å². The number of hydrogen-bond donors (Lipinski definition) is 3. The minimum absolute atomic E-state index is 0.00357. The van der Waals surface area contributed by atoms with E-state index in [4.69, 9.17) is 0 Å². The summed E-state index contributed by atoms with van der Waals surface area (Å²) in [5, 5.41) is 23.9. The van der Waals surface area contributed by atoms with Gasteiger partial charge in [0.2, 0.25) is 0 Å². The highest BCUT2D eigenvalue weighted by atomic mass is 19.4. The third kappa shape index (κ3) is 3.43. The molecule has 0 saturated carbocycles. The number of nitrogens with one attached hydrogen (secondary N) is 2. The molecule has 2 aromatic heterocycles. The Bertz CT molecular complexity index is 732. The highest BCUT2D eigenvalue weighted by molar-refractivity contribution is 5.30. The van der Waals surface area contributed by atoms with Crippen molar-refractivity contribution in [2.24, 2.45) is 0 Å². The fraction of sp³-hybridized carbons (Fsp3) is 0.286. The van der Waals surface area contributed by atoms with Gasteiger partial charge in [0, 0.05) is 12.8 Å². The van der Waals surface area contributed by atoms with E-state index in [1.54, 1.807) is 0 Å². The Morgan fingerprint density at radius 3 is 1.67 bits per heavy atom. The molecule has 0 spiro atoms. The first-order valence-corrected chi connectivity index (χ1v) is 6.96. The average molecular weight is 338 g/mol. The Labute approximate surface area is 134 Å². The van der Waals surface area contributed by atoms with Gasteiger partial charge in [-0.15, -0.1) is 0 Å². The maximum absolute atomic E-state index is 12.7. The molecule has 24 heavy (non-hydrogen) atoms. The molecule has 3 aromatic rings. The van der Waals surface area contributed by atoms with Crippen molar-refractivity contribution in [2.75, 3.05) is 0 Å². The lowest BCUT2D eigenvalue weighted by Crippen LogP contribution is -2.32. The first-order chi connectivity index (χ1) is 11.4. The molecule has 0 amide bonds. The van der Waals surface area contributed by atoms with Crippen LogP contribution in [-0.2, 0) is 24.6 Å². The molecule has 0 saturated heterocycles. The summed E-state index contributed by atoms with van der Waals surface area (Å²) < 4.78 is 38.1. The molecule has 0 fully saturated rings. The lowest BCUT2D eigenvalue weighted by molar-refractivity contribution is -0.137. The van der Waals surface area contributed by atoms with Crippen molar-refractivity contribution in [1.29, 1.82) is 0 Å². The van der Waals surface area contributed by atoms with Crippen molar-refractivity contribution < 1.29 is 18.3 Å². The number of alkyl halides is 3. The van der Waals surface area contributed by atoms with Crippen LogP contribution in [0.15, 0.2) is 36.9 Å². The van der Waals surface area contributed by atoms with E-state index in [2.05, 4.69) is 30.4 Å². The van der Waals surface area contributed by atoms with Gasteiger partial charge in [-0.2, -0.15) is 23.4 Å². The molecular weight excluding hydrogens is 325 g/mol. The fourth-order valence-electron chi connectivity index (χ4n) is 2.40. The Morgan fingerprint density at radius 1 is 0.833 bits per heavy atom. The van der Waals surface area contributed by atoms with Gasteiger partial charge in [-0.1, -0.05) is 12.1 Å². The molecule has 0 aliphatic carbocycles. The summed E-state index contributed by atoms with van der Waals surface area (Å²) in [6.07, 6.45) is -1.73. The second-order valence-electron chi connectivity index (χ2n) is 5.29. The van der Waals surface area contributed by atoms with Crippen molar-refractivity contribution in [3.63, 3.8) is 0 Å². The molecule has 0 radical (unpaired) electrons. The van der Waals surface area contributed by atoms with Crippen LogP contribution in [0.2, 0.25) is 0 Å². The quantitative estimate of drug-likeness (QED) is 0.656. The molecule has 0 unspecified atom stereocenters. The summed E-state index contributed by atoms with van der Waals surface area (Å²) in [6, 6.07) is 4.33. The molecule has 3 rings (SSSR count). The highest BCUT2D eigenvalue weighted by Crippen LogP contribution is 2.33. The van der Waals surface area contributed by atoms with Crippen LogP contribution in [0.4, 0.5) is 13.2 Å². The minimum atomic E-state index is -4.44. The van der Waals surface area contributed by atoms with Gasteiger partial charge < -0.3 is 5.11 Å². The number of halogens is 3. The number of aromatic amines is 2. The van der Waals surface area contributed by atoms with Crippen LogP contribution < -0.4 is 0 Å². The van der Waals surface area contributed by atoms with E-state index >= 15 is 0 Å². The summed E-state index contributed by atoms with van der Waals surface area (Å²) in [5.41, 5.74) is -2.04. The molecule has 7 nitrogen and oxygen atoms in total. The zero-order valence-electron chi connectivity index (χ0n) is 12.2. The van der Waals surface area contributed by atoms with Crippen molar-refractivity contribution in [3.8, 4) is 0 Å². The number of H-pyrrole nitrogens is 2. The van der Waals surface area contributed by atoms with Gasteiger partial charge in [-0.25, -0.2) is 9.97 Å². The van der Waals surface area contributed by atoms with Crippen molar-refractivity contribution in [2.45, 2.75) is 24.6 Å². The smallest absolute Gasteiger partial charge is 0.384 e. The molecule has 2 heterocycles. The lowest BCUT2D eigenvalue weighted by atomic mass is 9.86. The van der Waals surface area contributed by atoms with E-state index in [0.29, 0.717) is 17.2 Å². The first-order valence-electron chi connectivity index (χ1n) is 6.96. The Kier molecular flexibility index (Phi) is 4.06. The lowest BCUT2D eigenvalue weighted by Gasteiger charge is -2.27. The van der Waals surface area contributed by atoms with E-state index in [-0.39, 0.29) is 12.8 Å². The largest absolute Gasteiger partial charge is 0.416 e. The van der Waals surface area contributed by atoms with Crippen LogP contribution in [0.3, 0.4) is 0 Å². The van der Waals surface area contributed by atoms with E-state index in [1.807, 2.05) is 0 Å². The van der Waals surface area contributed by atoms with Crippen LogP contribution >= 0.6 is 0 Å². The average Bonchev–Trinajstić information content (AvgIpc) is 3.20. The molecule has 0 bridgehead atoms. The molecule has 10 heteroatoms. The summed E-state index contributed by atoms with van der Waals surface area (Å²) in [4.78, 5) is 7.92. The van der Waals surface area contributed by atoms with Gasteiger partial charge in [-0.3, -0.25) is 10.2 Å². The van der Waals surface area contributed by atoms with Gasteiger partial charge >= 0.3 is 6.18 Å². The first kappa shape index (κ1) is 16.1. The Balaban J connectivity index is 1.94. The van der Waals surface area contributed by atoms with Crippen LogP contribution in [0.5, 0.6) is 0 Å². The van der Waals surface area contributed by atoms with Gasteiger partial charge in [0.25, 0.3) is 0 Å². The highest BCUT2D eigenvalue weighted by Gasteiger charge is 2.35. The van der Waals surface area contributed by atoms with Gasteiger partial charge in [-0.05, 0) is 17.7 Å². The second kappa shape index (κ2) is 6.04. The molecule has 1 aromatic carbocycles. The molecule has 0 aliphatic heterocycles. The summed E-state index contributed by atoms with van der Waals surface area (Å²) in [7, 11) is 0. The summed E-state index contributed by atoms with van der Waals surface area (Å²) in [6.45, 7) is 0. The second-order valence-corrected chi connectivity index (χ2v) is 5.29. The number of rotatable bonds is 5. The van der Waals surface area contributed by atoms with Crippen LogP contribution in [0.25, 0.3) is 0 Å². The Morgan fingerprint density at radius 2 is 1.29 bits per heavy atom. The van der Waals surface area contributed by atoms with Gasteiger partial charge in [0.05, 0.1) is 5.56 Å². The van der Waals surface area contributed by atoms with E-state index < -0.39 is 17.3 Å². The third-order valence-corrected chi connectivity index (χ3v) is 3.58. The molecule has 0 aliphatic rings. The zero-order chi connectivity index (χ0) is 17.2. The van der Waals surface area contributed by atoms with Crippen molar-refractivity contribution >= 4 is 0 Å². The molecule has 126 valence electrons. The van der Waals surface area contributed by atoms with Crippen LogP contribution in [-0.4, -0.2) is 35.5 Å². The normalized spacial score (nSPS) is 12.5. The maximum atomic E-state index is 12.7. The minimum Gasteiger partial charge on any atom is -0.384 e. The number of nitrogens with zero attached hydrogens (tertiary/aromatic N) is 4. The van der Waals surface area contributed by atoms with Crippen LogP contribution in [0.1, 0.15) is 22.8 Å². The predicted octanol–water partition coefficient (Wildman–Crippen LogP) is 1.61. The van der Waals surface area contributed by atoms with Gasteiger partial charge in [0.15, 0.2) is 11.6 Å². The monoisotopic (exact) mass is 338 g/mol. The van der Waals surface area contributed by atoms with Crippen molar-refractivity contribution in [3.05, 3.63) is 59.7 Å². The number of aliphatic hydroxyl groups is 1. The topological polar surface area (TPSA) is 103 Å². The maximum Gasteiger partial charge on any atom is 0.416 e. The summed E-state index contributed by atoms with van der Waals surface area (Å²) in [5.74, 6) is 0.654. The van der Waals surface area contributed by atoms with E-state index in [9.17, 15) is 18.3 Å². The number of hydrogen-bond acceptors (Lipinski definition) is 5.